The number of carboxylic acid groups (broad SMARTS) is 4. The first-order chi connectivity index (χ1) is 23.6. The molecule has 4 N–H and O–H groups in total. The summed E-state index contributed by atoms with van der Waals surface area (Å²) in [6, 6.07) is 1.08. The van der Waals surface area contributed by atoms with Gasteiger partial charge in [-0.1, -0.05) is 0 Å². The number of carboxylic acids is 4. The first-order valence-electron chi connectivity index (χ1n) is 15.7. The number of rotatable bonds is 26. The van der Waals surface area contributed by atoms with Crippen molar-refractivity contribution in [3.8, 4) is 0 Å². The molecule has 50 heavy (non-hydrogen) atoms. The third-order valence-electron chi connectivity index (χ3n) is 5.02. The maximum absolute atomic E-state index is 11.9. The molecule has 0 bridgehead atoms. The molecule has 0 aliphatic rings. The zero-order valence-corrected chi connectivity index (χ0v) is 31.5. The van der Waals surface area contributed by atoms with Crippen molar-refractivity contribution in [2.45, 2.75) is 66.5 Å². The van der Waals surface area contributed by atoms with Gasteiger partial charge in [-0.25, -0.2) is 28.8 Å². The molecule has 20 heteroatoms. The van der Waals surface area contributed by atoms with Crippen LogP contribution in [0, 0.1) is 0 Å². The zero-order chi connectivity index (χ0) is 38.8. The molecule has 0 aliphatic heterocycles. The van der Waals surface area contributed by atoms with Crippen LogP contribution in [0.2, 0.25) is 12.1 Å². The fraction of sp³-hybridized carbons (Fsp3) is 0.600. The normalized spacial score (nSPS) is 11.4. The molecule has 288 valence electrons. The van der Waals surface area contributed by atoms with Gasteiger partial charge in [-0.3, -0.25) is 0 Å². The number of esters is 2. The third kappa shape index (κ3) is 31.5. The second-order valence-electron chi connectivity index (χ2n) is 8.86. The molecule has 0 aromatic rings. The van der Waals surface area contributed by atoms with E-state index in [1.807, 2.05) is 41.5 Å². The monoisotopic (exact) mass is 756 g/mol. The largest absolute Gasteiger partial charge is 0.501 e. The molecule has 18 nitrogen and oxygen atoms in total. The summed E-state index contributed by atoms with van der Waals surface area (Å²) >= 11 is 0. The lowest BCUT2D eigenvalue weighted by molar-refractivity contribution is -0.140. The van der Waals surface area contributed by atoms with Gasteiger partial charge in [0.05, 0.1) is 13.2 Å². The molecule has 0 amide bonds. The minimum absolute atomic E-state index is 0.166. The number of carbonyl (C=O) groups excluding carboxylic acids is 2. The van der Waals surface area contributed by atoms with Gasteiger partial charge in [0.25, 0.3) is 0 Å². The van der Waals surface area contributed by atoms with E-state index in [1.54, 1.807) is 0 Å². The van der Waals surface area contributed by atoms with Crippen LogP contribution in [0.1, 0.15) is 54.4 Å². The molecule has 0 saturated heterocycles. The Bertz CT molecular complexity index is 928. The smallest absolute Gasteiger partial charge is 0.478 e. The van der Waals surface area contributed by atoms with Gasteiger partial charge in [0.15, 0.2) is 0 Å². The molecule has 0 atom stereocenters. The fourth-order valence-electron chi connectivity index (χ4n) is 3.44. The standard InChI is InChI=1S/C22H44O10Si2.2C4H4O4/c1-7-27-33(28-8-2,29-9-3)19-13-17-25-21(23)15-16-22(24)26-18-14-20-34(30-10-4,31-11-5)32-12-6;2*5-3(6)1-2-4(7)8/h15-16H,7-14,17-20H2,1-6H3;2*1-2H,(H,5,6)(H,7,8). The van der Waals surface area contributed by atoms with Gasteiger partial charge < -0.3 is 56.5 Å². The van der Waals surface area contributed by atoms with Gasteiger partial charge in [-0.05, 0) is 54.4 Å². The Kier molecular flexibility index (Phi) is 32.8. The van der Waals surface area contributed by atoms with E-state index in [9.17, 15) is 28.8 Å². The lowest BCUT2D eigenvalue weighted by Crippen LogP contribution is -2.46. The second-order valence-corrected chi connectivity index (χ2v) is 14.3. The summed E-state index contributed by atoms with van der Waals surface area (Å²) in [6.45, 7) is 14.6. The fourth-order valence-corrected chi connectivity index (χ4v) is 8.60. The van der Waals surface area contributed by atoms with Crippen LogP contribution < -0.4 is 0 Å². The van der Waals surface area contributed by atoms with Crippen LogP contribution in [0.5, 0.6) is 0 Å². The maximum Gasteiger partial charge on any atom is 0.501 e. The lowest BCUT2D eigenvalue weighted by atomic mass is 10.4. The molecular weight excluding hydrogens is 704 g/mol. The van der Waals surface area contributed by atoms with Crippen molar-refractivity contribution in [2.24, 2.45) is 0 Å². The lowest BCUT2D eigenvalue weighted by Gasteiger charge is -2.28. The summed E-state index contributed by atoms with van der Waals surface area (Å²) in [7, 11) is -5.52. The van der Waals surface area contributed by atoms with Gasteiger partial charge in [0.2, 0.25) is 0 Å². The van der Waals surface area contributed by atoms with Crippen LogP contribution in [0.25, 0.3) is 0 Å². The van der Waals surface area contributed by atoms with Crippen LogP contribution >= 0.6 is 0 Å². The summed E-state index contributed by atoms with van der Waals surface area (Å²) in [5, 5.41) is 31.2. The van der Waals surface area contributed by atoms with Crippen molar-refractivity contribution in [3.63, 3.8) is 0 Å². The predicted molar refractivity (Wildman–Crippen MR) is 180 cm³/mol. The van der Waals surface area contributed by atoms with Gasteiger partial charge >= 0.3 is 53.4 Å². The summed E-state index contributed by atoms with van der Waals surface area (Å²) in [6.07, 6.45) is 5.40. The zero-order valence-electron chi connectivity index (χ0n) is 29.5. The highest BCUT2D eigenvalue weighted by atomic mass is 28.4. The van der Waals surface area contributed by atoms with E-state index in [0.29, 0.717) is 88.9 Å². The Morgan fingerprint density at radius 2 is 0.640 bits per heavy atom. The summed E-state index contributed by atoms with van der Waals surface area (Å²) in [4.78, 5) is 62.0. The first-order valence-corrected chi connectivity index (χ1v) is 19.6. The minimum Gasteiger partial charge on any atom is -0.478 e. The quantitative estimate of drug-likeness (QED) is 0.0428. The Balaban J connectivity index is -0.00000113. The highest BCUT2D eigenvalue weighted by Gasteiger charge is 2.40. The molecule has 0 saturated carbocycles. The Labute approximate surface area is 294 Å². The number of hydrogen-bond donors (Lipinski definition) is 4. The van der Waals surface area contributed by atoms with E-state index < -0.39 is 53.4 Å². The molecule has 0 fully saturated rings. The maximum atomic E-state index is 11.9. The second kappa shape index (κ2) is 32.4. The Morgan fingerprint density at radius 3 is 0.820 bits per heavy atom. The molecule has 0 rings (SSSR count). The highest BCUT2D eigenvalue weighted by molar-refractivity contribution is 6.61. The number of hydrogen-bond acceptors (Lipinski definition) is 14. The predicted octanol–water partition coefficient (Wildman–Crippen LogP) is 2.93. The van der Waals surface area contributed by atoms with Gasteiger partial charge in [-0.15, -0.1) is 0 Å². The van der Waals surface area contributed by atoms with Crippen molar-refractivity contribution in [1.82, 2.24) is 0 Å². The van der Waals surface area contributed by atoms with Crippen LogP contribution in [-0.4, -0.2) is 127 Å². The molecular formula is C30H52O18Si2. The van der Waals surface area contributed by atoms with Crippen molar-refractivity contribution >= 4 is 53.4 Å². The van der Waals surface area contributed by atoms with Crippen LogP contribution in [0.15, 0.2) is 36.5 Å². The van der Waals surface area contributed by atoms with E-state index in [-0.39, 0.29) is 13.2 Å². The van der Waals surface area contributed by atoms with Crippen LogP contribution in [-0.2, 0) is 64.8 Å². The highest BCUT2D eigenvalue weighted by Crippen LogP contribution is 2.19. The van der Waals surface area contributed by atoms with E-state index in [1.165, 1.54) is 0 Å². The summed E-state index contributed by atoms with van der Waals surface area (Å²) in [5.41, 5.74) is 0. The van der Waals surface area contributed by atoms with Gasteiger partial charge in [0.1, 0.15) is 0 Å². The van der Waals surface area contributed by atoms with Crippen molar-refractivity contribution < 1.29 is 85.2 Å². The van der Waals surface area contributed by atoms with Crippen molar-refractivity contribution in [1.29, 1.82) is 0 Å². The topological polar surface area (TPSA) is 257 Å². The molecule has 0 spiro atoms. The van der Waals surface area contributed by atoms with E-state index >= 15 is 0 Å². The molecule has 0 radical (unpaired) electrons. The third-order valence-corrected chi connectivity index (χ3v) is 11.3. The van der Waals surface area contributed by atoms with Crippen LogP contribution in [0.4, 0.5) is 0 Å². The number of carbonyl (C=O) groups is 6. The molecule has 0 unspecified atom stereocenters. The van der Waals surface area contributed by atoms with Crippen molar-refractivity contribution in [2.75, 3.05) is 52.9 Å². The van der Waals surface area contributed by atoms with Gasteiger partial charge in [-0.2, -0.15) is 0 Å². The Hall–Kier alpha value is -3.77. The minimum atomic E-state index is -2.76. The van der Waals surface area contributed by atoms with E-state index in [4.69, 9.17) is 56.5 Å². The SMILES string of the molecule is CCO[Si](CCCOC(=O)C=CC(=O)OCCC[Si](OCC)(OCC)OCC)(OCC)OCC.O=C(O)C=CC(=O)O.O=C(O)C=CC(=O)O. The average Bonchev–Trinajstić information content (AvgIpc) is 3.03. The molecule has 0 heterocycles. The van der Waals surface area contributed by atoms with Gasteiger partial charge in [0, 0.05) is 88.2 Å². The Morgan fingerprint density at radius 1 is 0.420 bits per heavy atom. The van der Waals surface area contributed by atoms with Crippen molar-refractivity contribution in [3.05, 3.63) is 36.5 Å². The number of ether oxygens (including phenoxy) is 2. The number of aliphatic carboxylic acids is 4. The van der Waals surface area contributed by atoms with E-state index in [2.05, 4.69) is 0 Å². The average molecular weight is 757 g/mol. The van der Waals surface area contributed by atoms with Crippen LogP contribution in [0.3, 0.4) is 0 Å². The summed E-state index contributed by atoms with van der Waals surface area (Å²) < 4.78 is 44.9. The first kappa shape index (κ1) is 50.6. The summed E-state index contributed by atoms with van der Waals surface area (Å²) in [5.74, 6) is -6.27. The molecule has 0 aliphatic carbocycles. The molecule has 0 aromatic carbocycles. The molecule has 0 aromatic heterocycles. The van der Waals surface area contributed by atoms with E-state index in [0.717, 1.165) is 12.2 Å².